The summed E-state index contributed by atoms with van der Waals surface area (Å²) in [5.74, 6) is 0.415. The standard InChI is InChI=1S/C21H17F3N6O2/c1-32-19-11-25-16(9-27-19)13-5-6-30-17(10-26-18(30)8-13)14-3-2-4-15(7-14)29-20(31)28-12-21(22,23)24/h2-11H,12H2,1H3,(H2,28,29,31). The molecule has 0 fully saturated rings. The smallest absolute Gasteiger partial charge is 0.405 e. The van der Waals surface area contributed by atoms with Crippen molar-refractivity contribution in [2.45, 2.75) is 6.18 Å². The summed E-state index contributed by atoms with van der Waals surface area (Å²) in [6, 6.07) is 9.51. The highest BCUT2D eigenvalue weighted by Gasteiger charge is 2.27. The first-order chi connectivity index (χ1) is 15.3. The SMILES string of the molecule is COc1cnc(-c2ccn3c(-c4cccc(NC(=O)NCC(F)(F)F)c4)cnc3c2)cn1. The Morgan fingerprint density at radius 3 is 2.62 bits per heavy atom. The Bertz CT molecular complexity index is 1250. The van der Waals surface area contributed by atoms with Crippen LogP contribution >= 0.6 is 0 Å². The van der Waals surface area contributed by atoms with Gasteiger partial charge in [-0.25, -0.2) is 19.7 Å². The third-order valence-corrected chi connectivity index (χ3v) is 4.51. The van der Waals surface area contributed by atoms with Crippen LogP contribution in [0.4, 0.5) is 23.7 Å². The van der Waals surface area contributed by atoms with Gasteiger partial charge in [0.05, 0.1) is 37.1 Å². The molecule has 0 atom stereocenters. The summed E-state index contributed by atoms with van der Waals surface area (Å²) in [6.45, 7) is -1.41. The van der Waals surface area contributed by atoms with Gasteiger partial charge in [0, 0.05) is 23.0 Å². The molecule has 2 N–H and O–H groups in total. The van der Waals surface area contributed by atoms with Crippen LogP contribution in [0, 0.1) is 0 Å². The van der Waals surface area contributed by atoms with Gasteiger partial charge in [-0.1, -0.05) is 12.1 Å². The number of hydrogen-bond acceptors (Lipinski definition) is 5. The van der Waals surface area contributed by atoms with E-state index in [1.165, 1.54) is 13.3 Å². The minimum absolute atomic E-state index is 0.349. The molecule has 0 bridgehead atoms. The van der Waals surface area contributed by atoms with Crippen LogP contribution in [0.3, 0.4) is 0 Å². The van der Waals surface area contributed by atoms with Crippen LogP contribution in [0.1, 0.15) is 0 Å². The number of methoxy groups -OCH3 is 1. The summed E-state index contributed by atoms with van der Waals surface area (Å²) in [5.41, 5.74) is 3.96. The first-order valence-corrected chi connectivity index (χ1v) is 9.38. The number of benzene rings is 1. The summed E-state index contributed by atoms with van der Waals surface area (Å²) >= 11 is 0. The van der Waals surface area contributed by atoms with E-state index in [0.717, 1.165) is 16.8 Å². The van der Waals surface area contributed by atoms with Crippen LogP contribution in [0.25, 0.3) is 28.2 Å². The summed E-state index contributed by atoms with van der Waals surface area (Å²) < 4.78 is 43.6. The van der Waals surface area contributed by atoms with Crippen molar-refractivity contribution in [3.8, 4) is 28.4 Å². The first-order valence-electron chi connectivity index (χ1n) is 9.38. The van der Waals surface area contributed by atoms with Gasteiger partial charge in [0.15, 0.2) is 0 Å². The average Bonchev–Trinajstić information content (AvgIpc) is 3.21. The highest BCUT2D eigenvalue weighted by molar-refractivity contribution is 5.90. The minimum Gasteiger partial charge on any atom is -0.480 e. The normalized spacial score (nSPS) is 11.4. The number of alkyl halides is 3. The summed E-state index contributed by atoms with van der Waals surface area (Å²) in [4.78, 5) is 24.6. The molecule has 0 aliphatic carbocycles. The molecule has 0 spiro atoms. The third kappa shape index (κ3) is 4.77. The van der Waals surface area contributed by atoms with Gasteiger partial charge in [-0.2, -0.15) is 13.2 Å². The van der Waals surface area contributed by atoms with Gasteiger partial charge in [0.1, 0.15) is 12.2 Å². The molecule has 3 heterocycles. The topological polar surface area (TPSA) is 93.4 Å². The van der Waals surface area contributed by atoms with E-state index in [2.05, 4.69) is 20.3 Å². The lowest BCUT2D eigenvalue weighted by Gasteiger charge is -2.11. The number of carbonyl (C=O) groups excluding carboxylic acids is 1. The molecule has 32 heavy (non-hydrogen) atoms. The van der Waals surface area contributed by atoms with Crippen molar-refractivity contribution in [2.75, 3.05) is 19.0 Å². The van der Waals surface area contributed by atoms with E-state index in [9.17, 15) is 18.0 Å². The monoisotopic (exact) mass is 442 g/mol. The minimum atomic E-state index is -4.48. The molecular formula is C21H17F3N6O2. The van der Waals surface area contributed by atoms with Gasteiger partial charge in [-0.3, -0.25) is 4.40 Å². The van der Waals surface area contributed by atoms with E-state index >= 15 is 0 Å². The average molecular weight is 442 g/mol. The predicted molar refractivity (Wildman–Crippen MR) is 111 cm³/mol. The number of hydrogen-bond donors (Lipinski definition) is 2. The fourth-order valence-electron chi connectivity index (χ4n) is 3.04. The van der Waals surface area contributed by atoms with Crippen molar-refractivity contribution >= 4 is 17.4 Å². The molecule has 2 amide bonds. The first kappa shape index (κ1) is 21.1. The zero-order chi connectivity index (χ0) is 22.7. The fraction of sp³-hybridized carbons (Fsp3) is 0.143. The Labute approximate surface area is 180 Å². The van der Waals surface area contributed by atoms with Gasteiger partial charge in [0.2, 0.25) is 5.88 Å². The molecular weight excluding hydrogens is 425 g/mol. The summed E-state index contributed by atoms with van der Waals surface area (Å²) in [7, 11) is 1.52. The van der Waals surface area contributed by atoms with Crippen LogP contribution < -0.4 is 15.4 Å². The van der Waals surface area contributed by atoms with Gasteiger partial charge >= 0.3 is 12.2 Å². The molecule has 0 radical (unpaired) electrons. The van der Waals surface area contributed by atoms with Gasteiger partial charge in [-0.05, 0) is 24.3 Å². The Hall–Kier alpha value is -4.15. The zero-order valence-corrected chi connectivity index (χ0v) is 16.7. The van der Waals surface area contributed by atoms with Crippen molar-refractivity contribution in [2.24, 2.45) is 0 Å². The molecule has 11 heteroatoms. The molecule has 8 nitrogen and oxygen atoms in total. The number of urea groups is 1. The molecule has 4 aromatic rings. The van der Waals surface area contributed by atoms with Crippen LogP contribution in [0.5, 0.6) is 5.88 Å². The highest BCUT2D eigenvalue weighted by Crippen LogP contribution is 2.26. The Kier molecular flexibility index (Phi) is 5.63. The van der Waals surface area contributed by atoms with E-state index in [0.29, 0.717) is 22.9 Å². The van der Waals surface area contributed by atoms with Crippen LogP contribution in [-0.4, -0.2) is 45.2 Å². The van der Waals surface area contributed by atoms with Gasteiger partial charge in [0.25, 0.3) is 0 Å². The number of anilines is 1. The van der Waals surface area contributed by atoms with Crippen molar-refractivity contribution < 1.29 is 22.7 Å². The number of carbonyl (C=O) groups is 1. The number of rotatable bonds is 5. The van der Waals surface area contributed by atoms with Crippen LogP contribution in [0.15, 0.2) is 61.2 Å². The van der Waals surface area contributed by atoms with Crippen molar-refractivity contribution in [1.29, 1.82) is 0 Å². The lowest BCUT2D eigenvalue weighted by Crippen LogP contribution is -2.36. The van der Waals surface area contributed by atoms with Crippen molar-refractivity contribution in [3.63, 3.8) is 0 Å². The van der Waals surface area contributed by atoms with Crippen molar-refractivity contribution in [3.05, 3.63) is 61.2 Å². The summed E-state index contributed by atoms with van der Waals surface area (Å²) in [5, 5.41) is 4.17. The Balaban J connectivity index is 1.56. The number of aromatic nitrogens is 4. The lowest BCUT2D eigenvalue weighted by atomic mass is 10.1. The number of nitrogens with zero attached hydrogens (tertiary/aromatic N) is 4. The Morgan fingerprint density at radius 1 is 1.06 bits per heavy atom. The fourth-order valence-corrected chi connectivity index (χ4v) is 3.04. The molecule has 1 aromatic carbocycles. The van der Waals surface area contributed by atoms with E-state index in [-0.39, 0.29) is 0 Å². The third-order valence-electron chi connectivity index (χ3n) is 4.51. The zero-order valence-electron chi connectivity index (χ0n) is 16.7. The molecule has 0 aliphatic heterocycles. The maximum Gasteiger partial charge on any atom is 0.405 e. The van der Waals surface area contributed by atoms with Crippen LogP contribution in [-0.2, 0) is 0 Å². The number of amides is 2. The second-order valence-corrected chi connectivity index (χ2v) is 6.73. The maximum absolute atomic E-state index is 12.3. The largest absolute Gasteiger partial charge is 0.480 e. The predicted octanol–water partition coefficient (Wildman–Crippen LogP) is 4.15. The van der Waals surface area contributed by atoms with E-state index < -0.39 is 18.8 Å². The second-order valence-electron chi connectivity index (χ2n) is 6.73. The second kappa shape index (κ2) is 8.53. The number of fused-ring (bicyclic) bond motifs is 1. The van der Waals surface area contributed by atoms with Crippen molar-refractivity contribution in [1.82, 2.24) is 24.7 Å². The molecule has 0 saturated carbocycles. The van der Waals surface area contributed by atoms with E-state index in [1.54, 1.807) is 35.9 Å². The van der Waals surface area contributed by atoms with Gasteiger partial charge < -0.3 is 15.4 Å². The highest BCUT2D eigenvalue weighted by atomic mass is 19.4. The maximum atomic E-state index is 12.3. The number of imidazole rings is 1. The van der Waals surface area contributed by atoms with E-state index in [1.807, 2.05) is 28.8 Å². The number of ether oxygens (including phenoxy) is 1. The van der Waals surface area contributed by atoms with Gasteiger partial charge in [-0.15, -0.1) is 0 Å². The number of halogens is 3. The summed E-state index contributed by atoms with van der Waals surface area (Å²) in [6.07, 6.45) is 2.15. The molecule has 164 valence electrons. The molecule has 4 rings (SSSR count). The number of nitrogens with one attached hydrogen (secondary N) is 2. The number of pyridine rings is 1. The molecule has 0 aliphatic rings. The Morgan fingerprint density at radius 2 is 1.91 bits per heavy atom. The molecule has 0 saturated heterocycles. The quantitative estimate of drug-likeness (QED) is 0.484. The lowest BCUT2D eigenvalue weighted by molar-refractivity contribution is -0.122. The molecule has 0 unspecified atom stereocenters. The van der Waals surface area contributed by atoms with E-state index in [4.69, 9.17) is 4.74 Å². The molecule has 3 aromatic heterocycles. The van der Waals surface area contributed by atoms with Crippen LogP contribution in [0.2, 0.25) is 0 Å².